The van der Waals surface area contributed by atoms with E-state index in [0.717, 1.165) is 24.3 Å². The lowest BCUT2D eigenvalue weighted by Crippen LogP contribution is -2.17. The van der Waals surface area contributed by atoms with Crippen molar-refractivity contribution in [2.24, 2.45) is 0 Å². The fourth-order valence-electron chi connectivity index (χ4n) is 2.09. The molecule has 0 spiro atoms. The third-order valence-electron chi connectivity index (χ3n) is 2.99. The summed E-state index contributed by atoms with van der Waals surface area (Å²) in [5, 5.41) is 8.63. The van der Waals surface area contributed by atoms with Gasteiger partial charge < -0.3 is 5.11 Å². The summed E-state index contributed by atoms with van der Waals surface area (Å²) in [4.78, 5) is 0. The van der Waals surface area contributed by atoms with Crippen LogP contribution < -0.4 is 0 Å². The van der Waals surface area contributed by atoms with Crippen molar-refractivity contribution in [1.82, 2.24) is 0 Å². The number of hydrogen-bond acceptors (Lipinski definition) is 1. The molecule has 0 atom stereocenters. The number of benzene rings is 2. The Bertz CT molecular complexity index is 752. The van der Waals surface area contributed by atoms with Gasteiger partial charge in [0, 0.05) is 5.56 Å². The summed E-state index contributed by atoms with van der Waals surface area (Å²) < 4.78 is 78.5. The molecule has 0 bridgehead atoms. The lowest BCUT2D eigenvalue weighted by atomic mass is 9.94. The van der Waals surface area contributed by atoms with Crippen LogP contribution in [0, 0.1) is 0 Å². The molecular weight excluding hydrogens is 369 g/mol. The molecule has 2 rings (SSSR count). The Hall–Kier alpha value is -1.60. The van der Waals surface area contributed by atoms with Gasteiger partial charge in [-0.3, -0.25) is 0 Å². The van der Waals surface area contributed by atoms with Crippen molar-refractivity contribution in [2.75, 3.05) is 0 Å². The molecule has 2 aromatic carbocycles. The van der Waals surface area contributed by atoms with Crippen LogP contribution in [0.2, 0.25) is 10.0 Å². The van der Waals surface area contributed by atoms with E-state index in [1.165, 1.54) is 0 Å². The Morgan fingerprint density at radius 2 is 1.43 bits per heavy atom. The highest BCUT2D eigenvalue weighted by molar-refractivity contribution is 6.40. The van der Waals surface area contributed by atoms with Crippen LogP contribution in [0.4, 0.5) is 26.3 Å². The van der Waals surface area contributed by atoms with Crippen molar-refractivity contribution in [2.45, 2.75) is 12.4 Å². The quantitative estimate of drug-likeness (QED) is 0.572. The van der Waals surface area contributed by atoms with Crippen LogP contribution >= 0.6 is 23.2 Å². The fraction of sp³-hybridized carbons (Fsp3) is 0.143. The lowest BCUT2D eigenvalue weighted by Gasteiger charge is -2.20. The first kappa shape index (κ1) is 17.7. The van der Waals surface area contributed by atoms with Gasteiger partial charge in [-0.1, -0.05) is 35.3 Å². The number of rotatable bonds is 1. The molecule has 1 nitrogen and oxygen atoms in total. The monoisotopic (exact) mass is 374 g/mol. The second kappa shape index (κ2) is 5.79. The molecule has 0 amide bonds. The average Bonchev–Trinajstić information content (AvgIpc) is 2.41. The average molecular weight is 375 g/mol. The topological polar surface area (TPSA) is 20.2 Å². The SMILES string of the molecule is Oc1ccc(Cl)c(-c2cccc(C(F)(F)F)c2C(F)(F)F)c1Cl. The van der Waals surface area contributed by atoms with Gasteiger partial charge in [0.25, 0.3) is 0 Å². The van der Waals surface area contributed by atoms with Crippen LogP contribution in [0.25, 0.3) is 11.1 Å². The first-order valence-corrected chi connectivity index (χ1v) is 6.65. The van der Waals surface area contributed by atoms with Crippen LogP contribution in [0.1, 0.15) is 11.1 Å². The molecule has 0 heterocycles. The van der Waals surface area contributed by atoms with E-state index >= 15 is 0 Å². The first-order valence-electron chi connectivity index (χ1n) is 5.89. The number of phenols is 1. The number of hydrogen-bond donors (Lipinski definition) is 1. The summed E-state index contributed by atoms with van der Waals surface area (Å²) in [6.45, 7) is 0. The number of phenolic OH excluding ortho intramolecular Hbond substituents is 1. The van der Waals surface area contributed by atoms with Crippen molar-refractivity contribution in [3.63, 3.8) is 0 Å². The zero-order chi connectivity index (χ0) is 17.6. The smallest absolute Gasteiger partial charge is 0.417 e. The van der Waals surface area contributed by atoms with Crippen molar-refractivity contribution >= 4 is 23.2 Å². The van der Waals surface area contributed by atoms with E-state index in [9.17, 15) is 31.4 Å². The molecule has 0 saturated heterocycles. The highest BCUT2D eigenvalue weighted by Gasteiger charge is 2.45. The maximum absolute atomic E-state index is 13.2. The Morgan fingerprint density at radius 1 is 0.826 bits per heavy atom. The van der Waals surface area contributed by atoms with E-state index in [4.69, 9.17) is 23.2 Å². The molecule has 0 unspecified atom stereocenters. The molecule has 0 aliphatic carbocycles. The molecule has 2 aromatic rings. The van der Waals surface area contributed by atoms with Gasteiger partial charge in [-0.05, 0) is 23.8 Å². The fourth-order valence-corrected chi connectivity index (χ4v) is 2.66. The summed E-state index contributed by atoms with van der Waals surface area (Å²) in [6.07, 6.45) is -10.5. The minimum absolute atomic E-state index is 0.316. The molecule has 0 fully saturated rings. The maximum atomic E-state index is 13.2. The van der Waals surface area contributed by atoms with Crippen molar-refractivity contribution in [3.05, 3.63) is 51.5 Å². The number of alkyl halides is 6. The standard InChI is InChI=1S/C14H6Cl2F6O/c15-8-4-5-9(23)12(16)10(8)6-2-1-3-7(13(17,18)19)11(6)14(20,21)22/h1-5,23H. The molecule has 0 aliphatic rings. The second-order valence-electron chi connectivity index (χ2n) is 4.48. The normalized spacial score (nSPS) is 12.5. The van der Waals surface area contributed by atoms with Crippen LogP contribution in [0.3, 0.4) is 0 Å². The first-order chi connectivity index (χ1) is 10.4. The summed E-state index contributed by atoms with van der Waals surface area (Å²) in [5.41, 5.74) is -5.16. The van der Waals surface area contributed by atoms with E-state index in [0.29, 0.717) is 6.07 Å². The Morgan fingerprint density at radius 3 is 1.96 bits per heavy atom. The van der Waals surface area contributed by atoms with E-state index in [-0.39, 0.29) is 5.02 Å². The van der Waals surface area contributed by atoms with Crippen molar-refractivity contribution in [1.29, 1.82) is 0 Å². The van der Waals surface area contributed by atoms with Crippen LogP contribution in [-0.2, 0) is 12.4 Å². The summed E-state index contributed by atoms with van der Waals surface area (Å²) >= 11 is 11.5. The molecule has 0 saturated carbocycles. The van der Waals surface area contributed by atoms with E-state index in [1.54, 1.807) is 0 Å². The predicted molar refractivity (Wildman–Crippen MR) is 73.6 cm³/mol. The summed E-state index contributed by atoms with van der Waals surface area (Å²) in [6, 6.07) is 4.00. The molecule has 0 radical (unpaired) electrons. The summed E-state index contributed by atoms with van der Waals surface area (Å²) in [7, 11) is 0. The molecule has 0 aromatic heterocycles. The van der Waals surface area contributed by atoms with E-state index < -0.39 is 45.4 Å². The Kier molecular flexibility index (Phi) is 4.47. The summed E-state index contributed by atoms with van der Waals surface area (Å²) in [5.74, 6) is -0.600. The minimum atomic E-state index is -5.31. The molecule has 124 valence electrons. The zero-order valence-corrected chi connectivity index (χ0v) is 12.4. The van der Waals surface area contributed by atoms with Gasteiger partial charge in [-0.25, -0.2) is 0 Å². The highest BCUT2D eigenvalue weighted by atomic mass is 35.5. The van der Waals surface area contributed by atoms with E-state index in [2.05, 4.69) is 0 Å². The largest absolute Gasteiger partial charge is 0.506 e. The number of halogens is 8. The van der Waals surface area contributed by atoms with Gasteiger partial charge in [-0.2, -0.15) is 26.3 Å². The van der Waals surface area contributed by atoms with Crippen LogP contribution in [-0.4, -0.2) is 5.11 Å². The van der Waals surface area contributed by atoms with Gasteiger partial charge in [0.15, 0.2) is 0 Å². The molecule has 23 heavy (non-hydrogen) atoms. The number of aromatic hydroxyl groups is 1. The van der Waals surface area contributed by atoms with Gasteiger partial charge in [0.2, 0.25) is 0 Å². The Labute approximate surface area is 136 Å². The lowest BCUT2D eigenvalue weighted by molar-refractivity contribution is -0.161. The van der Waals surface area contributed by atoms with Crippen molar-refractivity contribution in [3.8, 4) is 16.9 Å². The van der Waals surface area contributed by atoms with Crippen molar-refractivity contribution < 1.29 is 31.4 Å². The van der Waals surface area contributed by atoms with Gasteiger partial charge in [0.05, 0.1) is 21.2 Å². The van der Waals surface area contributed by atoms with Crippen LogP contribution in [0.5, 0.6) is 5.75 Å². The van der Waals surface area contributed by atoms with Crippen LogP contribution in [0.15, 0.2) is 30.3 Å². The predicted octanol–water partition coefficient (Wildman–Crippen LogP) is 6.40. The minimum Gasteiger partial charge on any atom is -0.506 e. The third kappa shape index (κ3) is 3.35. The zero-order valence-electron chi connectivity index (χ0n) is 10.9. The second-order valence-corrected chi connectivity index (χ2v) is 5.26. The molecular formula is C14H6Cl2F6O. The maximum Gasteiger partial charge on any atom is 0.417 e. The molecule has 1 N–H and O–H groups in total. The highest BCUT2D eigenvalue weighted by Crippen LogP contribution is 2.49. The third-order valence-corrected chi connectivity index (χ3v) is 3.69. The molecule has 9 heteroatoms. The Balaban J connectivity index is 2.93. The van der Waals surface area contributed by atoms with E-state index in [1.807, 2.05) is 0 Å². The van der Waals surface area contributed by atoms with Gasteiger partial charge in [-0.15, -0.1) is 0 Å². The van der Waals surface area contributed by atoms with Gasteiger partial charge in [0.1, 0.15) is 5.75 Å². The molecule has 0 aliphatic heterocycles. The van der Waals surface area contributed by atoms with Gasteiger partial charge >= 0.3 is 12.4 Å².